The lowest BCUT2D eigenvalue weighted by Gasteiger charge is -2.27. The Morgan fingerprint density at radius 3 is 2.85 bits per heavy atom. The zero-order chi connectivity index (χ0) is 14.6. The fourth-order valence-corrected chi connectivity index (χ4v) is 3.61. The van der Waals surface area contributed by atoms with Crippen LogP contribution in [0.1, 0.15) is 12.8 Å². The van der Waals surface area contributed by atoms with Gasteiger partial charge in [0, 0.05) is 39.2 Å². The maximum atomic E-state index is 12.5. The highest BCUT2D eigenvalue weighted by molar-refractivity contribution is 7.89. The van der Waals surface area contributed by atoms with Crippen LogP contribution in [0.25, 0.3) is 0 Å². The minimum absolute atomic E-state index is 0.0945. The molecule has 0 atom stereocenters. The molecule has 0 amide bonds. The van der Waals surface area contributed by atoms with Crippen LogP contribution in [-0.4, -0.2) is 44.5 Å². The highest BCUT2D eigenvalue weighted by Gasteiger charge is 2.27. The maximum Gasteiger partial charge on any atom is 0.246 e. The molecule has 0 saturated carbocycles. The molecule has 7 nitrogen and oxygen atoms in total. The number of nitrogens with two attached hydrogens (primary N) is 1. The SMILES string of the molecule is CN(CC1CCOCC1)S(=O)(=O)c1cnccc1NN. The molecule has 1 fully saturated rings. The van der Waals surface area contributed by atoms with E-state index in [2.05, 4.69) is 10.4 Å². The van der Waals surface area contributed by atoms with E-state index >= 15 is 0 Å². The number of sulfonamides is 1. The second-order valence-electron chi connectivity index (χ2n) is 4.86. The molecule has 0 aromatic carbocycles. The first-order valence-corrected chi connectivity index (χ1v) is 7.94. The molecule has 0 aliphatic carbocycles. The molecule has 1 aromatic rings. The van der Waals surface area contributed by atoms with Crippen molar-refractivity contribution in [2.45, 2.75) is 17.7 Å². The number of hydrogen-bond donors (Lipinski definition) is 2. The Morgan fingerprint density at radius 1 is 1.50 bits per heavy atom. The van der Waals surface area contributed by atoms with Gasteiger partial charge in [0.2, 0.25) is 10.0 Å². The summed E-state index contributed by atoms with van der Waals surface area (Å²) in [5.74, 6) is 5.68. The summed E-state index contributed by atoms with van der Waals surface area (Å²) >= 11 is 0. The molecule has 0 spiro atoms. The lowest BCUT2D eigenvalue weighted by atomic mass is 10.0. The molecule has 2 rings (SSSR count). The minimum atomic E-state index is -3.59. The number of hydrogen-bond acceptors (Lipinski definition) is 6. The third-order valence-electron chi connectivity index (χ3n) is 3.48. The van der Waals surface area contributed by atoms with Gasteiger partial charge in [-0.2, -0.15) is 0 Å². The number of pyridine rings is 1. The van der Waals surface area contributed by atoms with Crippen molar-refractivity contribution in [3.05, 3.63) is 18.5 Å². The van der Waals surface area contributed by atoms with Gasteiger partial charge in [-0.1, -0.05) is 0 Å². The van der Waals surface area contributed by atoms with Crippen molar-refractivity contribution in [1.82, 2.24) is 9.29 Å². The molecule has 1 saturated heterocycles. The number of aromatic nitrogens is 1. The lowest BCUT2D eigenvalue weighted by Crippen LogP contribution is -2.34. The Morgan fingerprint density at radius 2 is 2.20 bits per heavy atom. The quantitative estimate of drug-likeness (QED) is 0.604. The number of nitrogens with zero attached hydrogens (tertiary/aromatic N) is 2. The highest BCUT2D eigenvalue weighted by atomic mass is 32.2. The van der Waals surface area contributed by atoms with E-state index in [1.165, 1.54) is 22.8 Å². The summed E-state index contributed by atoms with van der Waals surface area (Å²) in [6, 6.07) is 1.54. The van der Waals surface area contributed by atoms with Crippen LogP contribution in [0.5, 0.6) is 0 Å². The first kappa shape index (κ1) is 15.2. The molecule has 2 heterocycles. The third kappa shape index (κ3) is 3.26. The zero-order valence-electron chi connectivity index (χ0n) is 11.4. The van der Waals surface area contributed by atoms with E-state index in [0.717, 1.165) is 12.8 Å². The summed E-state index contributed by atoms with van der Waals surface area (Å²) in [4.78, 5) is 3.96. The van der Waals surface area contributed by atoms with Gasteiger partial charge in [-0.15, -0.1) is 0 Å². The number of rotatable bonds is 5. The molecule has 0 bridgehead atoms. The number of anilines is 1. The van der Waals surface area contributed by atoms with E-state index in [-0.39, 0.29) is 4.90 Å². The Bertz CT molecular complexity index is 543. The Kier molecular flexibility index (Phi) is 4.92. The summed E-state index contributed by atoms with van der Waals surface area (Å²) in [6.45, 7) is 1.87. The van der Waals surface area contributed by atoms with Crippen LogP contribution in [-0.2, 0) is 14.8 Å². The molecule has 20 heavy (non-hydrogen) atoms. The topological polar surface area (TPSA) is 97.5 Å². The summed E-state index contributed by atoms with van der Waals surface area (Å²) in [5.41, 5.74) is 2.74. The first-order chi connectivity index (χ1) is 9.55. The molecule has 112 valence electrons. The molecule has 1 aliphatic heterocycles. The monoisotopic (exact) mass is 300 g/mol. The van der Waals surface area contributed by atoms with Crippen molar-refractivity contribution in [1.29, 1.82) is 0 Å². The number of nitrogen functional groups attached to an aromatic ring is 1. The second-order valence-corrected chi connectivity index (χ2v) is 6.87. The van der Waals surface area contributed by atoms with E-state index in [1.807, 2.05) is 0 Å². The van der Waals surface area contributed by atoms with Gasteiger partial charge in [0.15, 0.2) is 0 Å². The fourth-order valence-electron chi connectivity index (χ4n) is 2.26. The van der Waals surface area contributed by atoms with Gasteiger partial charge in [-0.05, 0) is 24.8 Å². The standard InChI is InChI=1S/C12H20N4O3S/c1-16(9-10-3-6-19-7-4-10)20(17,18)12-8-14-5-2-11(12)15-13/h2,5,8,10H,3-4,6-7,9,13H2,1H3,(H,14,15). The predicted octanol–water partition coefficient (Wildman–Crippen LogP) is 0.414. The van der Waals surface area contributed by atoms with Crippen molar-refractivity contribution in [2.24, 2.45) is 11.8 Å². The summed E-state index contributed by atoms with van der Waals surface area (Å²) in [5, 5.41) is 0. The molecular formula is C12H20N4O3S. The van der Waals surface area contributed by atoms with Crippen molar-refractivity contribution >= 4 is 15.7 Å². The van der Waals surface area contributed by atoms with Crippen molar-refractivity contribution < 1.29 is 13.2 Å². The summed E-state index contributed by atoms with van der Waals surface area (Å²) in [7, 11) is -2.01. The molecular weight excluding hydrogens is 280 g/mol. The van der Waals surface area contributed by atoms with Crippen LogP contribution >= 0.6 is 0 Å². The highest BCUT2D eigenvalue weighted by Crippen LogP contribution is 2.24. The van der Waals surface area contributed by atoms with E-state index in [1.54, 1.807) is 7.05 Å². The summed E-state index contributed by atoms with van der Waals surface area (Å²) < 4.78 is 31.7. The van der Waals surface area contributed by atoms with Crippen LogP contribution in [0.3, 0.4) is 0 Å². The number of hydrazine groups is 1. The number of ether oxygens (including phenoxy) is 1. The van der Waals surface area contributed by atoms with Gasteiger partial charge in [-0.25, -0.2) is 12.7 Å². The Hall–Kier alpha value is -1.22. The van der Waals surface area contributed by atoms with Crippen LogP contribution in [0.15, 0.2) is 23.4 Å². The van der Waals surface area contributed by atoms with Crippen LogP contribution < -0.4 is 11.3 Å². The molecule has 3 N–H and O–H groups in total. The second kappa shape index (κ2) is 6.49. The van der Waals surface area contributed by atoms with Gasteiger partial charge in [-0.3, -0.25) is 10.8 Å². The Balaban J connectivity index is 2.16. The van der Waals surface area contributed by atoms with Gasteiger partial charge < -0.3 is 10.2 Å². The first-order valence-electron chi connectivity index (χ1n) is 6.50. The van der Waals surface area contributed by atoms with Crippen LogP contribution in [0, 0.1) is 5.92 Å². The van der Waals surface area contributed by atoms with Crippen molar-refractivity contribution in [3.63, 3.8) is 0 Å². The van der Waals surface area contributed by atoms with E-state index < -0.39 is 10.0 Å². The molecule has 1 aliphatic rings. The molecule has 1 aromatic heterocycles. The van der Waals surface area contributed by atoms with Crippen LogP contribution in [0.4, 0.5) is 5.69 Å². The molecule has 0 unspecified atom stereocenters. The third-order valence-corrected chi connectivity index (χ3v) is 5.34. The minimum Gasteiger partial charge on any atom is -0.381 e. The van der Waals surface area contributed by atoms with Gasteiger partial charge >= 0.3 is 0 Å². The average molecular weight is 300 g/mol. The van der Waals surface area contributed by atoms with Gasteiger partial charge in [0.1, 0.15) is 4.90 Å². The van der Waals surface area contributed by atoms with E-state index in [0.29, 0.717) is 31.4 Å². The summed E-state index contributed by atoms with van der Waals surface area (Å²) in [6.07, 6.45) is 4.57. The Labute approximate surface area is 119 Å². The van der Waals surface area contributed by atoms with Crippen LogP contribution in [0.2, 0.25) is 0 Å². The van der Waals surface area contributed by atoms with E-state index in [9.17, 15) is 8.42 Å². The maximum absolute atomic E-state index is 12.5. The average Bonchev–Trinajstić information content (AvgIpc) is 2.48. The lowest BCUT2D eigenvalue weighted by molar-refractivity contribution is 0.0620. The van der Waals surface area contributed by atoms with Crippen molar-refractivity contribution in [3.8, 4) is 0 Å². The largest absolute Gasteiger partial charge is 0.381 e. The zero-order valence-corrected chi connectivity index (χ0v) is 12.3. The van der Waals surface area contributed by atoms with Crippen molar-refractivity contribution in [2.75, 3.05) is 32.2 Å². The molecule has 0 radical (unpaired) electrons. The van der Waals surface area contributed by atoms with Gasteiger partial charge in [0.25, 0.3) is 0 Å². The number of nitrogens with one attached hydrogen (secondary N) is 1. The smallest absolute Gasteiger partial charge is 0.246 e. The fraction of sp³-hybridized carbons (Fsp3) is 0.583. The van der Waals surface area contributed by atoms with Gasteiger partial charge in [0.05, 0.1) is 5.69 Å². The molecule has 8 heteroatoms. The van der Waals surface area contributed by atoms with E-state index in [4.69, 9.17) is 10.6 Å². The normalized spacial score (nSPS) is 17.4. The predicted molar refractivity (Wildman–Crippen MR) is 75.4 cm³/mol.